The monoisotopic (exact) mass is 447 g/mol. The third-order valence-corrected chi connectivity index (χ3v) is 6.49. The molecule has 0 radical (unpaired) electrons. The Morgan fingerprint density at radius 1 is 1.31 bits per heavy atom. The maximum Gasteiger partial charge on any atom is 0.390 e. The van der Waals surface area contributed by atoms with Crippen LogP contribution in [-0.2, 0) is 6.54 Å². The largest absolute Gasteiger partial charge is 0.390 e. The highest BCUT2D eigenvalue weighted by Crippen LogP contribution is 2.50. The summed E-state index contributed by atoms with van der Waals surface area (Å²) in [5, 5.41) is 14.5. The Bertz CT molecular complexity index is 1150. The maximum atomic E-state index is 13.0. The summed E-state index contributed by atoms with van der Waals surface area (Å²) in [7, 11) is 0. The molecule has 1 spiro atoms. The lowest BCUT2D eigenvalue weighted by Gasteiger charge is -2.39. The van der Waals surface area contributed by atoms with Crippen LogP contribution >= 0.6 is 0 Å². The zero-order valence-electron chi connectivity index (χ0n) is 17.6. The van der Waals surface area contributed by atoms with Crippen molar-refractivity contribution in [2.24, 2.45) is 5.92 Å². The number of carbonyl (C=O) groups is 1. The number of anilines is 1. The van der Waals surface area contributed by atoms with Gasteiger partial charge in [-0.05, 0) is 37.7 Å². The Balaban J connectivity index is 1.38. The number of aromatic amines is 1. The molecule has 1 saturated heterocycles. The van der Waals surface area contributed by atoms with Crippen LogP contribution in [0.2, 0.25) is 0 Å². The van der Waals surface area contributed by atoms with Gasteiger partial charge in [0.15, 0.2) is 0 Å². The molecule has 8 nitrogen and oxygen atoms in total. The molecule has 5 rings (SSSR count). The van der Waals surface area contributed by atoms with Gasteiger partial charge in [-0.3, -0.25) is 14.8 Å². The van der Waals surface area contributed by atoms with Crippen molar-refractivity contribution < 1.29 is 18.0 Å². The van der Waals surface area contributed by atoms with E-state index in [1.54, 1.807) is 12.3 Å². The molecule has 1 aliphatic heterocycles. The van der Waals surface area contributed by atoms with Gasteiger partial charge in [-0.25, -0.2) is 4.79 Å². The topological polar surface area (TPSA) is 91.7 Å². The summed E-state index contributed by atoms with van der Waals surface area (Å²) in [6.07, 6.45) is 3.40. The molecule has 0 aromatic carbocycles. The molecule has 32 heavy (non-hydrogen) atoms. The van der Waals surface area contributed by atoms with Crippen LogP contribution in [0.15, 0.2) is 24.7 Å². The number of halogens is 3. The van der Waals surface area contributed by atoms with Crippen molar-refractivity contribution in [3.63, 3.8) is 0 Å². The van der Waals surface area contributed by atoms with Gasteiger partial charge in [-0.2, -0.15) is 23.4 Å². The molecule has 2 amide bonds. The van der Waals surface area contributed by atoms with Gasteiger partial charge in [0.05, 0.1) is 42.3 Å². The van der Waals surface area contributed by atoms with Crippen LogP contribution in [0.25, 0.3) is 22.3 Å². The number of H-pyrrole nitrogens is 1. The number of pyridine rings is 1. The van der Waals surface area contributed by atoms with Crippen molar-refractivity contribution in [2.75, 3.05) is 11.9 Å². The minimum Gasteiger partial charge on any atom is -0.319 e. The Morgan fingerprint density at radius 3 is 2.88 bits per heavy atom. The number of fused-ring (bicyclic) bond motifs is 1. The number of nitrogens with zero attached hydrogens (tertiary/aromatic N) is 5. The minimum absolute atomic E-state index is 0.0200. The summed E-state index contributed by atoms with van der Waals surface area (Å²) in [6, 6.07) is 1.50. The van der Waals surface area contributed by atoms with Gasteiger partial charge in [0.1, 0.15) is 5.69 Å². The molecule has 2 N–H and O–H groups in total. The zero-order valence-corrected chi connectivity index (χ0v) is 17.6. The molecule has 3 aromatic rings. The number of piperidine rings is 1. The fourth-order valence-electron chi connectivity index (χ4n) is 4.66. The molecule has 2 fully saturated rings. The van der Waals surface area contributed by atoms with Crippen LogP contribution < -0.4 is 5.32 Å². The van der Waals surface area contributed by atoms with Gasteiger partial charge in [-0.15, -0.1) is 0 Å². The first kappa shape index (κ1) is 20.8. The van der Waals surface area contributed by atoms with Gasteiger partial charge in [0.2, 0.25) is 0 Å². The molecule has 3 aromatic heterocycles. The number of urea groups is 1. The number of hydrogen-bond acceptors (Lipinski definition) is 4. The van der Waals surface area contributed by atoms with E-state index in [9.17, 15) is 18.0 Å². The van der Waals surface area contributed by atoms with Crippen LogP contribution in [0.5, 0.6) is 0 Å². The second kappa shape index (κ2) is 7.49. The second-order valence-corrected chi connectivity index (χ2v) is 8.92. The van der Waals surface area contributed by atoms with E-state index >= 15 is 0 Å². The van der Waals surface area contributed by atoms with Crippen molar-refractivity contribution in [1.29, 1.82) is 0 Å². The fraction of sp³-hybridized carbons (Fsp3) is 0.524. The van der Waals surface area contributed by atoms with Crippen LogP contribution in [0, 0.1) is 5.92 Å². The average molecular weight is 447 g/mol. The molecule has 1 aliphatic carbocycles. The maximum absolute atomic E-state index is 13.0. The molecule has 2 aliphatic rings. The van der Waals surface area contributed by atoms with E-state index in [1.165, 1.54) is 17.1 Å². The Kier molecular flexibility index (Phi) is 4.86. The average Bonchev–Trinajstić information content (AvgIpc) is 3.16. The fourth-order valence-corrected chi connectivity index (χ4v) is 4.66. The van der Waals surface area contributed by atoms with Gasteiger partial charge in [0.25, 0.3) is 0 Å². The normalized spacial score (nSPS) is 20.1. The number of carbonyl (C=O) groups excluding carboxylic acids is 1. The first-order valence-corrected chi connectivity index (χ1v) is 10.7. The van der Waals surface area contributed by atoms with Crippen LogP contribution in [0.4, 0.5) is 23.7 Å². The Morgan fingerprint density at radius 2 is 2.12 bits per heavy atom. The van der Waals surface area contributed by atoms with E-state index < -0.39 is 12.6 Å². The van der Waals surface area contributed by atoms with E-state index in [4.69, 9.17) is 0 Å². The highest BCUT2D eigenvalue weighted by atomic mass is 19.4. The Labute approximate surface area is 182 Å². The molecule has 0 bridgehead atoms. The number of rotatable bonds is 4. The standard InChI is InChI=1S/C21H24F3N7O/c1-13-2-6-30(20(9-13)3-4-20)19(32)28-16-12-26-29-18(16)15-8-17-14(10-25-15)11-27-31(17)7-5-21(22,23)24/h8,10-13H,2-7,9H2,1H3,(H,26,29)(H,28,32). The third-order valence-electron chi connectivity index (χ3n) is 6.49. The molecule has 1 atom stereocenters. The highest BCUT2D eigenvalue weighted by Gasteiger charge is 2.52. The Hall–Kier alpha value is -3.11. The lowest BCUT2D eigenvalue weighted by atomic mass is 9.91. The summed E-state index contributed by atoms with van der Waals surface area (Å²) in [6.45, 7) is 2.67. The van der Waals surface area contributed by atoms with E-state index in [1.807, 2.05) is 4.90 Å². The quantitative estimate of drug-likeness (QED) is 0.613. The predicted molar refractivity (Wildman–Crippen MR) is 112 cm³/mol. The summed E-state index contributed by atoms with van der Waals surface area (Å²) in [5.41, 5.74) is 1.96. The van der Waals surface area contributed by atoms with Gasteiger partial charge >= 0.3 is 12.2 Å². The number of nitrogens with one attached hydrogen (secondary N) is 2. The van der Waals surface area contributed by atoms with Crippen molar-refractivity contribution in [3.8, 4) is 11.4 Å². The van der Waals surface area contributed by atoms with Crippen molar-refractivity contribution in [1.82, 2.24) is 29.9 Å². The molecule has 11 heteroatoms. The third kappa shape index (κ3) is 3.91. The number of amides is 2. The van der Waals surface area contributed by atoms with Crippen molar-refractivity contribution >= 4 is 22.6 Å². The van der Waals surface area contributed by atoms with Gasteiger partial charge in [0, 0.05) is 23.7 Å². The molecular formula is C21H24F3N7O. The SMILES string of the molecule is CC1CCN(C(=O)Nc2cn[nH]c2-c2cc3c(cn2)cnn3CCC(F)(F)F)C2(CC2)C1. The number of aryl methyl sites for hydroxylation is 1. The van der Waals surface area contributed by atoms with Crippen LogP contribution in [0.1, 0.15) is 39.0 Å². The molecule has 170 valence electrons. The molecule has 1 saturated carbocycles. The van der Waals surface area contributed by atoms with Crippen molar-refractivity contribution in [3.05, 3.63) is 24.7 Å². The first-order valence-electron chi connectivity index (χ1n) is 10.7. The lowest BCUT2D eigenvalue weighted by Crippen LogP contribution is -2.49. The first-order chi connectivity index (χ1) is 15.2. The smallest absolute Gasteiger partial charge is 0.319 e. The molecular weight excluding hydrogens is 423 g/mol. The number of aromatic nitrogens is 5. The van der Waals surface area contributed by atoms with E-state index in [0.29, 0.717) is 33.9 Å². The predicted octanol–water partition coefficient (Wildman–Crippen LogP) is 4.57. The van der Waals surface area contributed by atoms with Crippen molar-refractivity contribution in [2.45, 2.75) is 57.3 Å². The summed E-state index contributed by atoms with van der Waals surface area (Å²) >= 11 is 0. The summed E-state index contributed by atoms with van der Waals surface area (Å²) < 4.78 is 39.3. The number of alkyl halides is 3. The van der Waals surface area contributed by atoms with E-state index in [-0.39, 0.29) is 18.1 Å². The summed E-state index contributed by atoms with van der Waals surface area (Å²) in [4.78, 5) is 19.4. The summed E-state index contributed by atoms with van der Waals surface area (Å²) in [5.74, 6) is 0.615. The molecule has 1 unspecified atom stereocenters. The van der Waals surface area contributed by atoms with Crippen LogP contribution in [0.3, 0.4) is 0 Å². The zero-order chi connectivity index (χ0) is 22.5. The lowest BCUT2D eigenvalue weighted by molar-refractivity contribution is -0.137. The van der Waals surface area contributed by atoms with Crippen LogP contribution in [-0.4, -0.2) is 54.2 Å². The highest BCUT2D eigenvalue weighted by molar-refractivity contribution is 5.94. The number of likely N-dealkylation sites (tertiary alicyclic amines) is 1. The van der Waals surface area contributed by atoms with Gasteiger partial charge in [-0.1, -0.05) is 6.92 Å². The van der Waals surface area contributed by atoms with Gasteiger partial charge < -0.3 is 10.2 Å². The van der Waals surface area contributed by atoms with E-state index in [2.05, 4.69) is 32.5 Å². The van der Waals surface area contributed by atoms with E-state index in [0.717, 1.165) is 32.2 Å². The number of hydrogen-bond donors (Lipinski definition) is 2. The minimum atomic E-state index is -4.26. The second-order valence-electron chi connectivity index (χ2n) is 8.92. The molecule has 4 heterocycles.